The first-order valence-electron chi connectivity index (χ1n) is 11.6. The number of unbranched alkanes of at least 4 members (excludes halogenated alkanes) is 3. The number of hydrogen-bond donors (Lipinski definition) is 7. The third kappa shape index (κ3) is 8.53. The van der Waals surface area contributed by atoms with Crippen molar-refractivity contribution in [2.45, 2.75) is 62.3 Å². The maximum Gasteiger partial charge on any atom is 0.337 e. The van der Waals surface area contributed by atoms with E-state index in [-0.39, 0.29) is 17.0 Å². The first-order valence-corrected chi connectivity index (χ1v) is 18.2. The third-order valence-corrected chi connectivity index (χ3v) is 13.4. The molecule has 20 heteroatoms. The molecule has 3 rings (SSSR count). The smallest absolute Gasteiger partial charge is 0.337 e. The molecule has 0 spiro atoms. The molecule has 1 saturated heterocycles. The first-order chi connectivity index (χ1) is 17.6. The second kappa shape index (κ2) is 12.7. The van der Waals surface area contributed by atoms with Gasteiger partial charge in [0.15, 0.2) is 22.8 Å². The molecule has 1 fully saturated rings. The summed E-state index contributed by atoms with van der Waals surface area (Å²) in [5.41, 5.74) is 6.51. The number of nitrogen functional groups attached to an aromatic ring is 1. The maximum atomic E-state index is 12.3. The van der Waals surface area contributed by atoms with Crippen LogP contribution in [0.1, 0.15) is 38.8 Å². The lowest BCUT2D eigenvalue weighted by atomic mass is 10.1. The van der Waals surface area contributed by atoms with E-state index < -0.39 is 65.5 Å². The van der Waals surface area contributed by atoms with Crippen LogP contribution in [0.2, 0.25) is 0 Å². The van der Waals surface area contributed by atoms with Crippen molar-refractivity contribution in [2.24, 2.45) is 0 Å². The van der Waals surface area contributed by atoms with E-state index in [0.717, 1.165) is 31.4 Å². The quantitative estimate of drug-likeness (QED) is 0.0679. The van der Waals surface area contributed by atoms with Crippen LogP contribution in [0, 0.1) is 0 Å². The van der Waals surface area contributed by atoms with E-state index in [1.165, 1.54) is 22.7 Å². The number of aliphatic hydroxyl groups excluding tert-OH is 2. The average Bonchev–Trinajstić information content (AvgIpc) is 3.31. The number of aromatic nitrogens is 4. The number of ether oxygens (including phenoxy) is 1. The molecule has 0 amide bonds. The lowest BCUT2D eigenvalue weighted by Gasteiger charge is -2.20. The largest absolute Gasteiger partial charge is 0.387 e. The average molecular weight is 619 g/mol. The minimum Gasteiger partial charge on any atom is -0.387 e. The number of thioether (sulfide) groups is 1. The molecule has 1 aliphatic rings. The predicted octanol–water partition coefficient (Wildman–Crippen LogP) is 1.27. The molecule has 38 heavy (non-hydrogen) atoms. The molecule has 1 aliphatic heterocycles. The Morgan fingerprint density at radius 2 is 1.79 bits per heavy atom. The molecule has 0 radical (unpaired) electrons. The molecule has 0 aliphatic carbocycles. The van der Waals surface area contributed by atoms with Crippen molar-refractivity contribution >= 4 is 51.3 Å². The Balaban J connectivity index is 1.70. The van der Waals surface area contributed by atoms with Crippen molar-refractivity contribution in [3.8, 4) is 0 Å². The van der Waals surface area contributed by atoms with Crippen molar-refractivity contribution in [3.63, 3.8) is 0 Å². The van der Waals surface area contributed by atoms with Crippen LogP contribution in [-0.4, -0.2) is 91.8 Å². The van der Waals surface area contributed by atoms with Gasteiger partial charge in [0.05, 0.1) is 12.9 Å². The summed E-state index contributed by atoms with van der Waals surface area (Å²) in [6, 6.07) is 0. The van der Waals surface area contributed by atoms with Gasteiger partial charge in [-0.15, -0.1) is 0 Å². The van der Waals surface area contributed by atoms with Crippen LogP contribution in [0.5, 0.6) is 0 Å². The zero-order chi connectivity index (χ0) is 28.3. The molecule has 0 saturated carbocycles. The highest BCUT2D eigenvalue weighted by molar-refractivity contribution is 7.99. The summed E-state index contributed by atoms with van der Waals surface area (Å²) in [7, 11) is -14.5. The second-order valence-electron chi connectivity index (χ2n) is 8.90. The molecule has 16 nitrogen and oxygen atoms in total. The minimum atomic E-state index is -4.93. The van der Waals surface area contributed by atoms with Gasteiger partial charge in [-0.2, -0.15) is 0 Å². The number of fused-ring (bicyclic) bond motifs is 1. The van der Waals surface area contributed by atoms with Gasteiger partial charge in [0.2, 0.25) is 7.37 Å². The Bertz CT molecular complexity index is 1260. The van der Waals surface area contributed by atoms with E-state index in [9.17, 15) is 33.7 Å². The predicted molar refractivity (Wildman–Crippen MR) is 138 cm³/mol. The van der Waals surface area contributed by atoms with Crippen LogP contribution in [0.15, 0.2) is 11.5 Å². The molecular formula is C18H32N5O11P3S. The van der Waals surface area contributed by atoms with E-state index >= 15 is 0 Å². The molecule has 6 atom stereocenters. The number of nitrogens with zero attached hydrogens (tertiary/aromatic N) is 4. The fraction of sp³-hybridized carbons (Fsp3) is 0.722. The summed E-state index contributed by atoms with van der Waals surface area (Å²) in [6.07, 6.45) is -0.167. The normalized spacial score (nSPS) is 25.4. The van der Waals surface area contributed by atoms with Gasteiger partial charge in [-0.3, -0.25) is 18.3 Å². The molecule has 2 aromatic heterocycles. The van der Waals surface area contributed by atoms with Crippen LogP contribution in [0.25, 0.3) is 11.2 Å². The zero-order valence-electron chi connectivity index (χ0n) is 20.4. The topological polar surface area (TPSA) is 261 Å². The molecule has 0 bridgehead atoms. The van der Waals surface area contributed by atoms with Crippen LogP contribution in [-0.2, 0) is 23.0 Å². The fourth-order valence-electron chi connectivity index (χ4n) is 3.80. The Morgan fingerprint density at radius 3 is 2.45 bits per heavy atom. The summed E-state index contributed by atoms with van der Waals surface area (Å²) < 4.78 is 47.0. The van der Waals surface area contributed by atoms with Gasteiger partial charge in [0, 0.05) is 5.75 Å². The molecule has 2 aromatic rings. The zero-order valence-corrected chi connectivity index (χ0v) is 23.9. The van der Waals surface area contributed by atoms with E-state index in [1.807, 2.05) is 0 Å². The van der Waals surface area contributed by atoms with E-state index in [1.54, 1.807) is 0 Å². The molecule has 216 valence electrons. The number of nitrogens with two attached hydrogens (primary N) is 1. The van der Waals surface area contributed by atoms with Gasteiger partial charge in [-0.1, -0.05) is 37.9 Å². The van der Waals surface area contributed by atoms with Gasteiger partial charge < -0.3 is 44.8 Å². The third-order valence-electron chi connectivity index (χ3n) is 5.51. The summed E-state index contributed by atoms with van der Waals surface area (Å²) in [6.45, 7) is 1.34. The van der Waals surface area contributed by atoms with Gasteiger partial charge in [0.1, 0.15) is 35.6 Å². The van der Waals surface area contributed by atoms with E-state index in [0.29, 0.717) is 5.16 Å². The molecule has 2 unspecified atom stereocenters. The maximum absolute atomic E-state index is 12.3. The highest BCUT2D eigenvalue weighted by Gasteiger charge is 2.46. The molecule has 0 aromatic carbocycles. The first kappa shape index (κ1) is 31.6. The standard InChI is InChI=1S/C18H32N5O11P3S/c1-2-3-4-5-6-38-18-21-15(19)12-16(22-18)23(8-20-12)17-14(25)13(24)11(34-17)7-33-37(31,32)10-35(26,27)9-36(28,29)30/h8,11,13-14,17,24-25H,2-7,9-10H2,1H3,(H,26,27)(H,31,32)(H2,19,21,22)(H2,28,29,30)/t11-,13-,14-,17-/m1/s1. The second-order valence-corrected chi connectivity index (χ2v) is 16.8. The Kier molecular flexibility index (Phi) is 10.6. The van der Waals surface area contributed by atoms with Crippen molar-refractivity contribution in [1.29, 1.82) is 0 Å². The summed E-state index contributed by atoms with van der Waals surface area (Å²) in [5.74, 6) is -2.02. The summed E-state index contributed by atoms with van der Waals surface area (Å²) in [4.78, 5) is 50.2. The SMILES string of the molecule is CCCCCCSc1nc(N)c2ncn([C@@H]3O[C@H](COP(=O)(O)CP(=O)(O)CP(=O)(O)O)[C@@H](O)[C@H]3O)c2n1. The highest BCUT2D eigenvalue weighted by Crippen LogP contribution is 2.63. The minimum absolute atomic E-state index is 0.114. The number of anilines is 1. The van der Waals surface area contributed by atoms with Crippen molar-refractivity contribution < 1.29 is 52.7 Å². The summed E-state index contributed by atoms with van der Waals surface area (Å²) >= 11 is 1.41. The number of rotatable bonds is 14. The van der Waals surface area contributed by atoms with Crippen LogP contribution in [0.3, 0.4) is 0 Å². The lowest BCUT2D eigenvalue weighted by Crippen LogP contribution is -2.33. The lowest BCUT2D eigenvalue weighted by molar-refractivity contribution is -0.0484. The Morgan fingerprint density at radius 1 is 1.08 bits per heavy atom. The van der Waals surface area contributed by atoms with Crippen molar-refractivity contribution in [1.82, 2.24) is 19.5 Å². The highest BCUT2D eigenvalue weighted by atomic mass is 32.2. The van der Waals surface area contributed by atoms with Crippen molar-refractivity contribution in [2.75, 3.05) is 29.9 Å². The summed E-state index contributed by atoms with van der Waals surface area (Å²) in [5, 5.41) is 21.4. The number of imidazole rings is 1. The van der Waals surface area contributed by atoms with Gasteiger partial charge in [-0.05, 0) is 6.42 Å². The Labute approximate surface area is 222 Å². The van der Waals surface area contributed by atoms with E-state index in [2.05, 4.69) is 21.9 Å². The Hall–Kier alpha value is -0.930. The molecule has 3 heterocycles. The van der Waals surface area contributed by atoms with Gasteiger partial charge in [-0.25, -0.2) is 15.0 Å². The monoisotopic (exact) mass is 619 g/mol. The van der Waals surface area contributed by atoms with Crippen LogP contribution >= 0.6 is 34.3 Å². The molecule has 8 N–H and O–H groups in total. The van der Waals surface area contributed by atoms with Crippen LogP contribution < -0.4 is 5.73 Å². The number of aliphatic hydroxyl groups is 2. The van der Waals surface area contributed by atoms with Gasteiger partial charge >= 0.3 is 15.2 Å². The molecular weight excluding hydrogens is 587 g/mol. The fourth-order valence-corrected chi connectivity index (χ4v) is 11.1. The number of hydrogen-bond acceptors (Lipinski definition) is 12. The van der Waals surface area contributed by atoms with E-state index in [4.69, 9.17) is 24.8 Å². The van der Waals surface area contributed by atoms with Crippen molar-refractivity contribution in [3.05, 3.63) is 6.33 Å². The van der Waals surface area contributed by atoms with Gasteiger partial charge in [0.25, 0.3) is 0 Å². The van der Waals surface area contributed by atoms with Crippen LogP contribution in [0.4, 0.5) is 5.82 Å².